The number of imidazole rings is 1. The van der Waals surface area contributed by atoms with E-state index in [2.05, 4.69) is 9.55 Å². The van der Waals surface area contributed by atoms with E-state index < -0.39 is 11.6 Å². The Hall–Kier alpha value is -5.06. The number of rotatable bonds is 11. The molecule has 0 fully saturated rings. The number of fused-ring (bicyclic) bond motifs is 2. The Labute approximate surface area is 255 Å². The van der Waals surface area contributed by atoms with Crippen LogP contribution in [-0.4, -0.2) is 57.5 Å². The van der Waals surface area contributed by atoms with E-state index in [1.54, 1.807) is 24.4 Å². The molecule has 11 nitrogen and oxygen atoms in total. The number of nitrogens with zero attached hydrogens (tertiary/aromatic N) is 4. The van der Waals surface area contributed by atoms with Crippen molar-refractivity contribution >= 4 is 39.7 Å². The number of aromatic nitrogens is 4. The fourth-order valence-electron chi connectivity index (χ4n) is 5.16. The van der Waals surface area contributed by atoms with Gasteiger partial charge in [-0.15, -0.1) is 0 Å². The minimum Gasteiger partial charge on any atom is -0.494 e. The highest BCUT2D eigenvalue weighted by Crippen LogP contribution is 2.35. The molecule has 0 radical (unpaired) electrons. The molecule has 0 unspecified atom stereocenters. The summed E-state index contributed by atoms with van der Waals surface area (Å²) in [5, 5.41) is 0. The zero-order valence-electron chi connectivity index (χ0n) is 25.6. The normalized spacial score (nSPS) is 11.6. The number of aryl methyl sites for hydroxylation is 2. The van der Waals surface area contributed by atoms with Gasteiger partial charge in [0.1, 0.15) is 22.6 Å². The van der Waals surface area contributed by atoms with E-state index in [0.717, 1.165) is 16.7 Å². The van der Waals surface area contributed by atoms with Crippen LogP contribution in [0.25, 0.3) is 33.6 Å². The first-order valence-electron chi connectivity index (χ1n) is 14.4. The average molecular weight is 600 g/mol. The predicted octanol–water partition coefficient (Wildman–Crippen LogP) is 5.63. The molecule has 3 heterocycles. The lowest BCUT2D eigenvalue weighted by Gasteiger charge is -2.20. The summed E-state index contributed by atoms with van der Waals surface area (Å²) in [7, 11) is 2.85. The Morgan fingerprint density at radius 2 is 1.73 bits per heavy atom. The van der Waals surface area contributed by atoms with Crippen LogP contribution in [-0.2, 0) is 27.4 Å². The highest BCUT2D eigenvalue weighted by molar-refractivity contribution is 5.97. The van der Waals surface area contributed by atoms with Gasteiger partial charge >= 0.3 is 11.9 Å². The molecule has 3 aromatic heterocycles. The van der Waals surface area contributed by atoms with Crippen LogP contribution < -0.4 is 15.2 Å². The second kappa shape index (κ2) is 12.7. The number of esters is 2. The maximum atomic E-state index is 12.8. The molecule has 44 heavy (non-hydrogen) atoms. The van der Waals surface area contributed by atoms with Crippen molar-refractivity contribution in [2.75, 3.05) is 26.6 Å². The molecule has 0 atom stereocenters. The van der Waals surface area contributed by atoms with Crippen molar-refractivity contribution in [3.63, 3.8) is 0 Å². The molecule has 5 aromatic rings. The second-order valence-corrected chi connectivity index (χ2v) is 11.3. The highest BCUT2D eigenvalue weighted by atomic mass is 16.6. The van der Waals surface area contributed by atoms with E-state index in [9.17, 15) is 9.59 Å². The van der Waals surface area contributed by atoms with Crippen molar-refractivity contribution < 1.29 is 28.5 Å². The number of hydrogen-bond donors (Lipinski definition) is 1. The molecule has 11 heteroatoms. The van der Waals surface area contributed by atoms with E-state index >= 15 is 0 Å². The van der Waals surface area contributed by atoms with Gasteiger partial charge in [-0.1, -0.05) is 12.1 Å². The standard InChI is InChI=1S/C33H37N5O6/c1-33(2,3)44-29(39)13-16-38-30-24(18-21(32(40)42-5)19-28(30)41-4)36-31(38)26-20-23-25(11-8-14-35-23)37(26)15-9-17-43-27-12-7-6-10-22(27)34/h6-8,10-12,14,18-20H,9,13,15-17,34H2,1-5H3. The van der Waals surface area contributed by atoms with Crippen LogP contribution in [0.5, 0.6) is 11.5 Å². The van der Waals surface area contributed by atoms with E-state index in [-0.39, 0.29) is 18.9 Å². The maximum Gasteiger partial charge on any atom is 0.338 e. The summed E-state index contributed by atoms with van der Waals surface area (Å²) in [5.74, 6) is 0.821. The van der Waals surface area contributed by atoms with Crippen LogP contribution in [0.15, 0.2) is 60.8 Å². The number of ether oxygens (including phenoxy) is 4. The van der Waals surface area contributed by atoms with E-state index in [0.29, 0.717) is 59.2 Å². The molecule has 5 rings (SSSR count). The second-order valence-electron chi connectivity index (χ2n) is 11.3. The summed E-state index contributed by atoms with van der Waals surface area (Å²) in [6.07, 6.45) is 2.52. The van der Waals surface area contributed by atoms with Gasteiger partial charge in [0, 0.05) is 19.3 Å². The molecule has 0 spiro atoms. The fourth-order valence-corrected chi connectivity index (χ4v) is 5.16. The number of anilines is 1. The van der Waals surface area contributed by atoms with Crippen molar-refractivity contribution in [3.8, 4) is 23.0 Å². The van der Waals surface area contributed by atoms with Gasteiger partial charge in [-0.25, -0.2) is 9.78 Å². The Morgan fingerprint density at radius 3 is 2.45 bits per heavy atom. The summed E-state index contributed by atoms with van der Waals surface area (Å²) < 4.78 is 26.3. The van der Waals surface area contributed by atoms with Crippen LogP contribution in [0.3, 0.4) is 0 Å². The van der Waals surface area contributed by atoms with Gasteiger partial charge in [0.25, 0.3) is 0 Å². The summed E-state index contributed by atoms with van der Waals surface area (Å²) in [4.78, 5) is 34.9. The number of carbonyl (C=O) groups is 2. The first-order valence-corrected chi connectivity index (χ1v) is 14.4. The molecule has 2 N–H and O–H groups in total. The molecule has 0 aliphatic heterocycles. The zero-order chi connectivity index (χ0) is 31.4. The summed E-state index contributed by atoms with van der Waals surface area (Å²) in [6.45, 7) is 6.81. The van der Waals surface area contributed by atoms with Gasteiger partial charge in [0.05, 0.1) is 60.7 Å². The third-order valence-corrected chi connectivity index (χ3v) is 7.01. The predicted molar refractivity (Wildman–Crippen MR) is 168 cm³/mol. The largest absolute Gasteiger partial charge is 0.494 e. The van der Waals surface area contributed by atoms with Crippen LogP contribution in [0.2, 0.25) is 0 Å². The molecule has 0 aliphatic rings. The minimum absolute atomic E-state index is 0.0997. The quantitative estimate of drug-likeness (QED) is 0.116. The molecule has 2 aromatic carbocycles. The first kappa shape index (κ1) is 30.4. The number of pyridine rings is 1. The van der Waals surface area contributed by atoms with Crippen LogP contribution >= 0.6 is 0 Å². The maximum absolute atomic E-state index is 12.8. The van der Waals surface area contributed by atoms with Gasteiger partial charge < -0.3 is 33.8 Å². The third kappa shape index (κ3) is 6.46. The van der Waals surface area contributed by atoms with Gasteiger partial charge in [-0.3, -0.25) is 9.78 Å². The number of hydrogen-bond acceptors (Lipinski definition) is 9. The van der Waals surface area contributed by atoms with Crippen LogP contribution in [0, 0.1) is 0 Å². The van der Waals surface area contributed by atoms with Crippen LogP contribution in [0.4, 0.5) is 5.69 Å². The number of methoxy groups -OCH3 is 2. The fraction of sp³-hybridized carbons (Fsp3) is 0.333. The Morgan fingerprint density at radius 1 is 0.932 bits per heavy atom. The Bertz CT molecular complexity index is 1820. The lowest BCUT2D eigenvalue weighted by molar-refractivity contribution is -0.155. The lowest BCUT2D eigenvalue weighted by atomic mass is 10.2. The summed E-state index contributed by atoms with van der Waals surface area (Å²) >= 11 is 0. The Balaban J connectivity index is 1.58. The number of carbonyl (C=O) groups excluding carboxylic acids is 2. The number of para-hydroxylation sites is 2. The topological polar surface area (TPSA) is 133 Å². The molecule has 230 valence electrons. The monoisotopic (exact) mass is 599 g/mol. The van der Waals surface area contributed by atoms with Gasteiger partial charge in [0.15, 0.2) is 5.82 Å². The first-order chi connectivity index (χ1) is 21.1. The van der Waals surface area contributed by atoms with Gasteiger partial charge in [-0.05, 0) is 69.7 Å². The van der Waals surface area contributed by atoms with Crippen LogP contribution in [0.1, 0.15) is 44.0 Å². The molecular formula is C33H37N5O6. The van der Waals surface area contributed by atoms with Crippen molar-refractivity contribution in [1.82, 2.24) is 19.1 Å². The number of benzene rings is 2. The summed E-state index contributed by atoms with van der Waals surface area (Å²) in [6, 6.07) is 16.6. The molecular weight excluding hydrogens is 562 g/mol. The molecule has 0 aliphatic carbocycles. The SMILES string of the molecule is COC(=O)c1cc(OC)c2c(c1)nc(-c1cc3ncccc3n1CCCOc1ccccc1N)n2CCC(=O)OC(C)(C)C. The molecule has 0 amide bonds. The van der Waals surface area contributed by atoms with Crippen molar-refractivity contribution in [2.45, 2.75) is 52.3 Å². The zero-order valence-corrected chi connectivity index (χ0v) is 25.6. The molecule has 0 saturated carbocycles. The van der Waals surface area contributed by atoms with Gasteiger partial charge in [-0.2, -0.15) is 0 Å². The van der Waals surface area contributed by atoms with Crippen molar-refractivity contribution in [3.05, 3.63) is 66.4 Å². The summed E-state index contributed by atoms with van der Waals surface area (Å²) in [5.41, 5.74) is 10.0. The number of nitrogen functional groups attached to an aromatic ring is 1. The van der Waals surface area contributed by atoms with E-state index in [4.69, 9.17) is 29.7 Å². The van der Waals surface area contributed by atoms with E-state index in [1.807, 2.05) is 61.7 Å². The smallest absolute Gasteiger partial charge is 0.338 e. The van der Waals surface area contributed by atoms with E-state index in [1.165, 1.54) is 14.2 Å². The minimum atomic E-state index is -0.616. The highest BCUT2D eigenvalue weighted by Gasteiger charge is 2.24. The third-order valence-electron chi connectivity index (χ3n) is 7.01. The molecule has 0 bridgehead atoms. The van der Waals surface area contributed by atoms with Crippen molar-refractivity contribution in [1.29, 1.82) is 0 Å². The molecule has 0 saturated heterocycles. The Kier molecular flexibility index (Phi) is 8.75. The van der Waals surface area contributed by atoms with Crippen molar-refractivity contribution in [2.24, 2.45) is 0 Å². The van der Waals surface area contributed by atoms with Gasteiger partial charge in [0.2, 0.25) is 0 Å². The average Bonchev–Trinajstić information content (AvgIpc) is 3.55. The lowest BCUT2D eigenvalue weighted by Crippen LogP contribution is -2.24. The number of nitrogens with two attached hydrogens (primary N) is 1.